The van der Waals surface area contributed by atoms with Gasteiger partial charge in [-0.3, -0.25) is 9.59 Å². The van der Waals surface area contributed by atoms with Gasteiger partial charge in [-0.1, -0.05) is 42.5 Å². The molecule has 4 aromatic rings. The van der Waals surface area contributed by atoms with Crippen LogP contribution in [0.25, 0.3) is 10.9 Å². The molecule has 3 heterocycles. The van der Waals surface area contributed by atoms with Crippen LogP contribution in [0.1, 0.15) is 39.8 Å². The number of amides is 2. The molecule has 37 heavy (non-hydrogen) atoms. The van der Waals surface area contributed by atoms with Crippen molar-refractivity contribution in [2.45, 2.75) is 32.0 Å². The van der Waals surface area contributed by atoms with Crippen LogP contribution >= 0.6 is 0 Å². The number of nitrogens with one attached hydrogen (secondary N) is 1. The molecule has 0 fully saturated rings. The van der Waals surface area contributed by atoms with Crippen LogP contribution in [0.15, 0.2) is 72.8 Å². The van der Waals surface area contributed by atoms with Crippen molar-refractivity contribution in [3.63, 3.8) is 0 Å². The van der Waals surface area contributed by atoms with Gasteiger partial charge in [-0.15, -0.1) is 0 Å². The molecule has 1 atom stereocenters. The number of rotatable bonds is 6. The smallest absolute Gasteiger partial charge is 0.257 e. The van der Waals surface area contributed by atoms with E-state index in [0.717, 1.165) is 34.4 Å². The van der Waals surface area contributed by atoms with Crippen molar-refractivity contribution in [2.75, 3.05) is 25.0 Å². The summed E-state index contributed by atoms with van der Waals surface area (Å²) in [6, 6.07) is 22.5. The minimum atomic E-state index is -0.268. The summed E-state index contributed by atoms with van der Waals surface area (Å²) in [5, 5.41) is 4.16. The maximum atomic E-state index is 13.5. The molecule has 0 saturated heterocycles. The first-order valence-electron chi connectivity index (χ1n) is 12.8. The zero-order chi connectivity index (χ0) is 25.5. The number of hydrogen-bond donors (Lipinski definition) is 1. The van der Waals surface area contributed by atoms with Crippen LogP contribution in [0.4, 0.5) is 10.1 Å². The SMILES string of the molecule is CN1c2ccccc2C(=O)N2CCc3c(n(CCC(=O)NCCc4cccc(F)c4)c4ccccc34)C21. The van der Waals surface area contributed by atoms with E-state index in [0.29, 0.717) is 32.5 Å². The Morgan fingerprint density at radius 2 is 1.86 bits per heavy atom. The van der Waals surface area contributed by atoms with Crippen molar-refractivity contribution in [1.82, 2.24) is 14.8 Å². The Morgan fingerprint density at radius 1 is 1.05 bits per heavy atom. The molecule has 0 saturated carbocycles. The van der Waals surface area contributed by atoms with Crippen LogP contribution in [0.5, 0.6) is 0 Å². The maximum Gasteiger partial charge on any atom is 0.257 e. The van der Waals surface area contributed by atoms with Crippen molar-refractivity contribution >= 4 is 28.4 Å². The third-order valence-electron chi connectivity index (χ3n) is 7.59. The highest BCUT2D eigenvalue weighted by Gasteiger charge is 2.42. The molecule has 0 radical (unpaired) electrons. The summed E-state index contributed by atoms with van der Waals surface area (Å²) in [7, 11) is 2.04. The molecule has 1 unspecified atom stereocenters. The number of hydrogen-bond acceptors (Lipinski definition) is 3. The van der Waals surface area contributed by atoms with Gasteiger partial charge in [0.25, 0.3) is 5.91 Å². The zero-order valence-electron chi connectivity index (χ0n) is 20.8. The summed E-state index contributed by atoms with van der Waals surface area (Å²) in [5.74, 6) is -0.263. The first-order chi connectivity index (χ1) is 18.0. The van der Waals surface area contributed by atoms with Gasteiger partial charge in [0, 0.05) is 44.0 Å². The standard InChI is InChI=1S/C30H29FN4O2/c1-33-25-11-4-3-10-24(25)30(37)35-17-14-23-22-9-2-5-12-26(22)34(28(23)29(33)35)18-15-27(36)32-16-13-20-7-6-8-21(31)19-20/h2-12,19,29H,13-18H2,1H3,(H,32,36). The largest absolute Gasteiger partial charge is 0.356 e. The topological polar surface area (TPSA) is 57.6 Å². The molecule has 0 aliphatic carbocycles. The van der Waals surface area contributed by atoms with Crippen LogP contribution in [0, 0.1) is 5.82 Å². The summed E-state index contributed by atoms with van der Waals surface area (Å²) in [6.45, 7) is 1.62. The van der Waals surface area contributed by atoms with Crippen molar-refractivity contribution in [3.8, 4) is 0 Å². The molecular formula is C30H29FN4O2. The van der Waals surface area contributed by atoms with E-state index >= 15 is 0 Å². The number of aryl methyl sites for hydroxylation is 1. The molecule has 0 bridgehead atoms. The summed E-state index contributed by atoms with van der Waals surface area (Å²) in [5.41, 5.74) is 5.93. The molecule has 2 aliphatic heterocycles. The second-order valence-corrected chi connectivity index (χ2v) is 9.76. The van der Waals surface area contributed by atoms with Crippen LogP contribution < -0.4 is 10.2 Å². The van der Waals surface area contributed by atoms with E-state index in [-0.39, 0.29) is 23.8 Å². The minimum absolute atomic E-state index is 0.0472. The average Bonchev–Trinajstić information content (AvgIpc) is 3.24. The first-order valence-corrected chi connectivity index (χ1v) is 12.8. The Hall–Kier alpha value is -4.13. The molecule has 2 aliphatic rings. The fourth-order valence-electron chi connectivity index (χ4n) is 5.89. The summed E-state index contributed by atoms with van der Waals surface area (Å²) < 4.78 is 15.7. The minimum Gasteiger partial charge on any atom is -0.356 e. The Morgan fingerprint density at radius 3 is 2.73 bits per heavy atom. The second kappa shape index (κ2) is 9.39. The number of halogens is 1. The second-order valence-electron chi connectivity index (χ2n) is 9.76. The number of anilines is 1. The van der Waals surface area contributed by atoms with Gasteiger partial charge < -0.3 is 19.7 Å². The van der Waals surface area contributed by atoms with Crippen LogP contribution in [-0.2, 0) is 24.2 Å². The lowest BCUT2D eigenvalue weighted by molar-refractivity contribution is -0.121. The highest BCUT2D eigenvalue weighted by atomic mass is 19.1. The number of benzene rings is 3. The number of carbonyl (C=O) groups is 2. The van der Waals surface area contributed by atoms with Crippen molar-refractivity contribution in [3.05, 3.63) is 101 Å². The molecule has 1 aromatic heterocycles. The first kappa shape index (κ1) is 23.3. The number of nitrogens with zero attached hydrogens (tertiary/aromatic N) is 3. The fraction of sp³-hybridized carbons (Fsp3) is 0.267. The molecular weight excluding hydrogens is 467 g/mol. The van der Waals surface area contributed by atoms with Gasteiger partial charge in [0.1, 0.15) is 12.0 Å². The predicted octanol–water partition coefficient (Wildman–Crippen LogP) is 4.68. The van der Waals surface area contributed by atoms with E-state index in [2.05, 4.69) is 26.9 Å². The summed E-state index contributed by atoms with van der Waals surface area (Å²) >= 11 is 0. The van der Waals surface area contributed by atoms with Gasteiger partial charge in [0.15, 0.2) is 0 Å². The number of fused-ring (bicyclic) bond motifs is 6. The molecule has 3 aromatic carbocycles. The van der Waals surface area contributed by atoms with Crippen molar-refractivity contribution in [2.24, 2.45) is 0 Å². The zero-order valence-corrected chi connectivity index (χ0v) is 20.8. The lowest BCUT2D eigenvalue weighted by Gasteiger charge is -2.46. The van der Waals surface area contributed by atoms with E-state index in [1.54, 1.807) is 6.07 Å². The molecule has 1 N–H and O–H groups in total. The van der Waals surface area contributed by atoms with Gasteiger partial charge in [-0.05, 0) is 54.3 Å². The van der Waals surface area contributed by atoms with Gasteiger partial charge in [-0.25, -0.2) is 4.39 Å². The van der Waals surface area contributed by atoms with Gasteiger partial charge in [0.2, 0.25) is 5.91 Å². The molecule has 7 heteroatoms. The predicted molar refractivity (Wildman–Crippen MR) is 142 cm³/mol. The molecule has 6 rings (SSSR count). The number of para-hydroxylation sites is 2. The average molecular weight is 497 g/mol. The summed E-state index contributed by atoms with van der Waals surface area (Å²) in [6.07, 6.45) is 1.44. The Labute approximate surface area is 215 Å². The van der Waals surface area contributed by atoms with E-state index in [4.69, 9.17) is 0 Å². The Bertz CT molecular complexity index is 1510. The van der Waals surface area contributed by atoms with Crippen LogP contribution in [-0.4, -0.2) is 41.4 Å². The highest BCUT2D eigenvalue weighted by Crippen LogP contribution is 2.44. The Balaban J connectivity index is 1.27. The maximum absolute atomic E-state index is 13.5. The fourth-order valence-corrected chi connectivity index (χ4v) is 5.89. The van der Waals surface area contributed by atoms with Crippen molar-refractivity contribution < 1.29 is 14.0 Å². The van der Waals surface area contributed by atoms with E-state index in [9.17, 15) is 14.0 Å². The van der Waals surface area contributed by atoms with E-state index in [1.165, 1.54) is 23.1 Å². The van der Waals surface area contributed by atoms with Crippen LogP contribution in [0.2, 0.25) is 0 Å². The third kappa shape index (κ3) is 4.04. The quantitative estimate of drug-likeness (QED) is 0.422. The lowest BCUT2D eigenvalue weighted by Crippen LogP contribution is -2.51. The van der Waals surface area contributed by atoms with E-state index in [1.807, 2.05) is 54.4 Å². The van der Waals surface area contributed by atoms with Gasteiger partial charge >= 0.3 is 0 Å². The lowest BCUT2D eigenvalue weighted by atomic mass is 9.96. The molecule has 0 spiro atoms. The monoisotopic (exact) mass is 496 g/mol. The number of carbonyl (C=O) groups excluding carboxylic acids is 2. The molecule has 6 nitrogen and oxygen atoms in total. The van der Waals surface area contributed by atoms with E-state index < -0.39 is 0 Å². The molecule has 2 amide bonds. The Kier molecular flexibility index (Phi) is 5.91. The highest BCUT2D eigenvalue weighted by molar-refractivity contribution is 6.02. The summed E-state index contributed by atoms with van der Waals surface area (Å²) in [4.78, 5) is 30.4. The molecule has 188 valence electrons. The van der Waals surface area contributed by atoms with Crippen molar-refractivity contribution in [1.29, 1.82) is 0 Å². The van der Waals surface area contributed by atoms with Gasteiger partial charge in [0.05, 0.1) is 16.9 Å². The number of aromatic nitrogens is 1. The van der Waals surface area contributed by atoms with Gasteiger partial charge in [-0.2, -0.15) is 0 Å². The van der Waals surface area contributed by atoms with Crippen LogP contribution in [0.3, 0.4) is 0 Å². The third-order valence-corrected chi connectivity index (χ3v) is 7.59. The normalized spacial score (nSPS) is 16.4.